The quantitative estimate of drug-likeness (QED) is 0.328. The van der Waals surface area contributed by atoms with E-state index in [4.69, 9.17) is 26.4 Å². The van der Waals surface area contributed by atoms with Crippen LogP contribution >= 0.6 is 12.2 Å². The minimum absolute atomic E-state index is 0.0629. The van der Waals surface area contributed by atoms with Crippen molar-refractivity contribution in [3.05, 3.63) is 29.8 Å². The minimum Gasteiger partial charge on any atom is -0.490 e. The number of amides is 2. The van der Waals surface area contributed by atoms with Gasteiger partial charge in [-0.05, 0) is 37.7 Å². The Labute approximate surface area is 187 Å². The van der Waals surface area contributed by atoms with Crippen molar-refractivity contribution in [2.45, 2.75) is 38.8 Å². The Hall–Kier alpha value is -2.72. The molecule has 0 saturated carbocycles. The smallest absolute Gasteiger partial charge is 0.308 e. The Balaban J connectivity index is 2.07. The van der Waals surface area contributed by atoms with Crippen LogP contribution in [0.2, 0.25) is 0 Å². The zero-order chi connectivity index (χ0) is 22.8. The van der Waals surface area contributed by atoms with E-state index in [-0.39, 0.29) is 30.2 Å². The molecule has 0 aromatic heterocycles. The minimum atomic E-state index is -0.855. The van der Waals surface area contributed by atoms with Gasteiger partial charge in [-0.15, -0.1) is 0 Å². The highest BCUT2D eigenvalue weighted by Gasteiger charge is 2.34. The molecule has 2 amide bonds. The molecule has 2 atom stereocenters. The number of methoxy groups -OCH3 is 1. The summed E-state index contributed by atoms with van der Waals surface area (Å²) in [5.41, 5.74) is 0.301. The Morgan fingerprint density at radius 3 is 2.77 bits per heavy atom. The SMILES string of the molecule is CCC(C)OC(=O)CC1C(=O)NCCN1C(=S)NC(=O)c1ccccc1OCCOC. The maximum Gasteiger partial charge on any atom is 0.308 e. The summed E-state index contributed by atoms with van der Waals surface area (Å²) in [5, 5.41) is 5.43. The van der Waals surface area contributed by atoms with Gasteiger partial charge in [-0.2, -0.15) is 0 Å². The number of rotatable bonds is 9. The van der Waals surface area contributed by atoms with E-state index in [1.165, 1.54) is 0 Å². The van der Waals surface area contributed by atoms with Gasteiger partial charge in [-0.3, -0.25) is 19.7 Å². The summed E-state index contributed by atoms with van der Waals surface area (Å²) >= 11 is 5.39. The van der Waals surface area contributed by atoms with Gasteiger partial charge in [0.25, 0.3) is 5.91 Å². The number of carbonyl (C=O) groups is 3. The Kier molecular flexibility index (Phi) is 9.67. The molecule has 31 heavy (non-hydrogen) atoms. The number of carbonyl (C=O) groups excluding carboxylic acids is 3. The number of hydrogen-bond acceptors (Lipinski definition) is 7. The van der Waals surface area contributed by atoms with Crippen LogP contribution in [0.15, 0.2) is 24.3 Å². The van der Waals surface area contributed by atoms with Crippen molar-refractivity contribution in [3.63, 3.8) is 0 Å². The van der Waals surface area contributed by atoms with Gasteiger partial charge in [0.05, 0.1) is 24.7 Å². The first-order valence-electron chi connectivity index (χ1n) is 10.2. The number of thiocarbonyl (C=S) groups is 1. The lowest BCUT2D eigenvalue weighted by atomic mass is 10.1. The molecule has 0 spiro atoms. The van der Waals surface area contributed by atoms with Crippen molar-refractivity contribution in [1.82, 2.24) is 15.5 Å². The Morgan fingerprint density at radius 2 is 2.06 bits per heavy atom. The molecule has 0 aliphatic carbocycles. The molecule has 170 valence electrons. The summed E-state index contributed by atoms with van der Waals surface area (Å²) in [6.45, 7) is 5.07. The third kappa shape index (κ3) is 7.18. The highest BCUT2D eigenvalue weighted by Crippen LogP contribution is 2.18. The van der Waals surface area contributed by atoms with Crippen molar-refractivity contribution in [3.8, 4) is 5.75 Å². The molecule has 1 aliphatic heterocycles. The zero-order valence-electron chi connectivity index (χ0n) is 18.0. The number of nitrogens with one attached hydrogen (secondary N) is 2. The normalized spacial score (nSPS) is 16.8. The average Bonchev–Trinajstić information content (AvgIpc) is 2.75. The number of ether oxygens (including phenoxy) is 3. The summed E-state index contributed by atoms with van der Waals surface area (Å²) in [6, 6.07) is 5.90. The van der Waals surface area contributed by atoms with Gasteiger partial charge in [0.1, 0.15) is 18.4 Å². The van der Waals surface area contributed by atoms with E-state index in [1.807, 2.05) is 6.92 Å². The van der Waals surface area contributed by atoms with Crippen LogP contribution in [-0.2, 0) is 19.1 Å². The van der Waals surface area contributed by atoms with Gasteiger partial charge in [-0.1, -0.05) is 19.1 Å². The van der Waals surface area contributed by atoms with Crippen molar-refractivity contribution < 1.29 is 28.6 Å². The molecule has 2 N–H and O–H groups in total. The van der Waals surface area contributed by atoms with Crippen molar-refractivity contribution >= 4 is 35.1 Å². The molecule has 2 unspecified atom stereocenters. The fraction of sp³-hybridized carbons (Fsp3) is 0.524. The van der Waals surface area contributed by atoms with E-state index in [1.54, 1.807) is 43.2 Å². The Bertz CT molecular complexity index is 803. The molecule has 1 aromatic rings. The first kappa shape index (κ1) is 24.5. The molecular weight excluding hydrogens is 422 g/mol. The van der Waals surface area contributed by atoms with Crippen molar-refractivity contribution in [2.24, 2.45) is 0 Å². The lowest BCUT2D eigenvalue weighted by Crippen LogP contribution is -2.60. The first-order valence-corrected chi connectivity index (χ1v) is 10.6. The molecule has 0 bridgehead atoms. The number of hydrogen-bond donors (Lipinski definition) is 2. The Morgan fingerprint density at radius 1 is 1.32 bits per heavy atom. The standard InChI is InChI=1S/C21H29N3O6S/c1-4-14(2)30-18(25)13-16-20(27)22-9-10-24(16)21(31)23-19(26)15-7-5-6-8-17(15)29-12-11-28-3/h5-8,14,16H,4,9-13H2,1-3H3,(H,22,27)(H,23,26,31). The summed E-state index contributed by atoms with van der Waals surface area (Å²) in [4.78, 5) is 39.0. The van der Waals surface area contributed by atoms with E-state index < -0.39 is 17.9 Å². The number of piperazine rings is 1. The van der Waals surface area contributed by atoms with Gasteiger partial charge in [-0.25, -0.2) is 0 Å². The number of para-hydroxylation sites is 1. The molecule has 1 fully saturated rings. The predicted octanol–water partition coefficient (Wildman–Crippen LogP) is 1.26. The summed E-state index contributed by atoms with van der Waals surface area (Å²) < 4.78 is 15.8. The van der Waals surface area contributed by atoms with Gasteiger partial charge < -0.3 is 24.4 Å². The van der Waals surface area contributed by atoms with Crippen LogP contribution in [0.4, 0.5) is 0 Å². The monoisotopic (exact) mass is 451 g/mol. The first-order chi connectivity index (χ1) is 14.9. The topological polar surface area (TPSA) is 106 Å². The maximum atomic E-state index is 12.8. The second-order valence-electron chi connectivity index (χ2n) is 7.01. The van der Waals surface area contributed by atoms with E-state index in [0.29, 0.717) is 37.4 Å². The molecule has 1 aromatic carbocycles. The summed E-state index contributed by atoms with van der Waals surface area (Å²) in [6.07, 6.45) is 0.268. The predicted molar refractivity (Wildman–Crippen MR) is 118 cm³/mol. The third-order valence-electron chi connectivity index (χ3n) is 4.76. The van der Waals surface area contributed by atoms with Gasteiger partial charge in [0.2, 0.25) is 5.91 Å². The zero-order valence-corrected chi connectivity index (χ0v) is 18.8. The fourth-order valence-corrected chi connectivity index (χ4v) is 3.24. The van der Waals surface area contributed by atoms with Gasteiger partial charge >= 0.3 is 5.97 Å². The molecule has 1 aliphatic rings. The maximum absolute atomic E-state index is 12.8. The third-order valence-corrected chi connectivity index (χ3v) is 5.09. The molecule has 10 heteroatoms. The van der Waals surface area contributed by atoms with E-state index >= 15 is 0 Å². The molecule has 1 saturated heterocycles. The van der Waals surface area contributed by atoms with E-state index in [2.05, 4.69) is 10.6 Å². The summed E-state index contributed by atoms with van der Waals surface area (Å²) in [5.74, 6) is -0.908. The highest BCUT2D eigenvalue weighted by atomic mass is 32.1. The van der Waals surface area contributed by atoms with Gasteiger partial charge in [0, 0.05) is 20.2 Å². The van der Waals surface area contributed by atoms with Crippen LogP contribution in [0.3, 0.4) is 0 Å². The number of esters is 1. The van der Waals surface area contributed by atoms with Crippen LogP contribution in [0.25, 0.3) is 0 Å². The average molecular weight is 452 g/mol. The molecule has 0 radical (unpaired) electrons. The second kappa shape index (κ2) is 12.2. The second-order valence-corrected chi connectivity index (χ2v) is 7.40. The summed E-state index contributed by atoms with van der Waals surface area (Å²) in [7, 11) is 1.56. The van der Waals surface area contributed by atoms with Crippen molar-refractivity contribution in [2.75, 3.05) is 33.4 Å². The fourth-order valence-electron chi connectivity index (χ4n) is 2.93. The highest BCUT2D eigenvalue weighted by molar-refractivity contribution is 7.80. The molecule has 2 rings (SSSR count). The number of nitrogens with zero attached hydrogens (tertiary/aromatic N) is 1. The van der Waals surface area contributed by atoms with Crippen LogP contribution < -0.4 is 15.4 Å². The van der Waals surface area contributed by atoms with Crippen LogP contribution in [0.5, 0.6) is 5.75 Å². The molecular formula is C21H29N3O6S. The molecule has 9 nitrogen and oxygen atoms in total. The van der Waals surface area contributed by atoms with Gasteiger partial charge in [0.15, 0.2) is 5.11 Å². The molecule has 1 heterocycles. The largest absolute Gasteiger partial charge is 0.490 e. The lowest BCUT2D eigenvalue weighted by molar-refractivity contribution is -0.151. The van der Waals surface area contributed by atoms with E-state index in [9.17, 15) is 14.4 Å². The number of benzene rings is 1. The van der Waals surface area contributed by atoms with Crippen LogP contribution in [0.1, 0.15) is 37.0 Å². The van der Waals surface area contributed by atoms with Crippen molar-refractivity contribution in [1.29, 1.82) is 0 Å². The van der Waals surface area contributed by atoms with E-state index in [0.717, 1.165) is 0 Å². The van der Waals surface area contributed by atoms with Crippen LogP contribution in [0, 0.1) is 0 Å². The lowest BCUT2D eigenvalue weighted by Gasteiger charge is -2.36. The van der Waals surface area contributed by atoms with Crippen LogP contribution in [-0.4, -0.2) is 73.4 Å².